The standard InChI is InChI=1S/C67H83N17O14/c1-36(2)25-48(61(93)81-50(29-38-13-7-4-8-14-38)62(94)78-47(58(71)90)27-40-17-21-42(22-18-40)76-67(72)73)77-57(89)34-75-60(92)49(28-37-11-5-3-6-12-37)80-66(98)54(35-85)84-65(97)53(32-56(70)88)83-63(95)51(30-41-33-74-46-16-10-9-15-44(41)46)82-64(96)52(31-55(69)87)79-59(91)45(68)26-39-19-23-43(86)24-20-39/h3-24,33,36,45,47-54,74,85-86H,25-32,34-35,68H2,1-2H3,(H2,69,87)(H2,70,88)(H2,71,90)(H,75,92)(H,77,89)(H,78,94)(H,79,91)(H,80,98)(H,81,93)(H,82,96)(H,83,95)(H,84,97)(H4,72,73,76)/t45-,47-,48-,49-,50-,51-,52-,53-,54-/m0/s1. The first kappa shape index (κ1) is 75.3. The third-order valence-corrected chi connectivity index (χ3v) is 15.3. The zero-order chi connectivity index (χ0) is 71.6. The monoisotopic (exact) mass is 1350 g/mol. The van der Waals surface area contributed by atoms with Gasteiger partial charge in [-0.1, -0.05) is 117 Å². The summed E-state index contributed by atoms with van der Waals surface area (Å²) in [5, 5.41) is 53.4. The van der Waals surface area contributed by atoms with Crippen LogP contribution in [0, 0.1) is 11.3 Å². The highest BCUT2D eigenvalue weighted by Gasteiger charge is 2.36. The van der Waals surface area contributed by atoms with Crippen LogP contribution in [0.25, 0.3) is 10.9 Å². The average Bonchev–Trinajstić information content (AvgIpc) is 1.63. The van der Waals surface area contributed by atoms with E-state index in [0.29, 0.717) is 44.4 Å². The van der Waals surface area contributed by atoms with E-state index >= 15 is 0 Å². The van der Waals surface area contributed by atoms with Crippen molar-refractivity contribution in [2.24, 2.45) is 34.6 Å². The Hall–Kier alpha value is -11.7. The summed E-state index contributed by atoms with van der Waals surface area (Å²) in [4.78, 5) is 167. The number of aromatic amines is 1. The SMILES string of the molecule is CC(C)C[C@H](NC(=O)CNC(=O)[C@H](Cc1ccccc1)NC(=O)[C@H](CO)NC(=O)[C@H](CC(N)=O)NC(=O)[C@H](Cc1c[nH]c2ccccc12)NC(=O)[C@H](CC(N)=O)NC(=O)[C@@H](N)Cc1ccc(O)cc1)C(=O)N[C@@H](Cc1ccccc1)C(=O)N[C@@H](Cc1ccc(NC(=N)N)cc1)C(N)=O. The predicted molar refractivity (Wildman–Crippen MR) is 360 cm³/mol. The maximum atomic E-state index is 14.5. The molecule has 0 saturated heterocycles. The first-order chi connectivity index (χ1) is 46.6. The van der Waals surface area contributed by atoms with Crippen molar-refractivity contribution in [1.82, 2.24) is 52.8 Å². The summed E-state index contributed by atoms with van der Waals surface area (Å²) in [6.45, 7) is 1.66. The molecule has 0 radical (unpaired) electrons. The van der Waals surface area contributed by atoms with E-state index in [-0.39, 0.29) is 56.2 Å². The number of aromatic hydroxyl groups is 1. The van der Waals surface area contributed by atoms with Gasteiger partial charge in [0.05, 0.1) is 32.0 Å². The van der Waals surface area contributed by atoms with Crippen LogP contribution in [-0.2, 0) is 89.6 Å². The summed E-state index contributed by atoms with van der Waals surface area (Å²) in [5.41, 5.74) is 32.3. The maximum Gasteiger partial charge on any atom is 0.245 e. The minimum atomic E-state index is -1.91. The Morgan fingerprint density at radius 2 is 0.878 bits per heavy atom. The lowest BCUT2D eigenvalue weighted by Gasteiger charge is -2.27. The van der Waals surface area contributed by atoms with Crippen molar-refractivity contribution in [3.8, 4) is 5.75 Å². The van der Waals surface area contributed by atoms with Gasteiger partial charge >= 0.3 is 0 Å². The third-order valence-electron chi connectivity index (χ3n) is 15.3. The van der Waals surface area contributed by atoms with E-state index in [1.165, 1.54) is 24.3 Å². The Morgan fingerprint density at radius 3 is 1.40 bits per heavy atom. The number of hydrogen-bond acceptors (Lipinski definition) is 16. The molecule has 0 unspecified atom stereocenters. The van der Waals surface area contributed by atoms with E-state index in [4.69, 9.17) is 34.1 Å². The minimum absolute atomic E-state index is 0.0358. The number of hydrogen-bond donors (Lipinski definition) is 19. The lowest BCUT2D eigenvalue weighted by atomic mass is 10.00. The molecule has 5 aromatic carbocycles. The molecule has 12 amide bonds. The van der Waals surface area contributed by atoms with E-state index in [1.807, 2.05) is 0 Å². The first-order valence-corrected chi connectivity index (χ1v) is 31.2. The van der Waals surface area contributed by atoms with E-state index in [2.05, 4.69) is 58.2 Å². The molecule has 1 heterocycles. The summed E-state index contributed by atoms with van der Waals surface area (Å²) in [6, 6.07) is 22.3. The summed E-state index contributed by atoms with van der Waals surface area (Å²) < 4.78 is 0. The van der Waals surface area contributed by atoms with Crippen LogP contribution in [0.2, 0.25) is 0 Å². The molecule has 520 valence electrons. The lowest BCUT2D eigenvalue weighted by molar-refractivity contribution is -0.136. The molecule has 31 nitrogen and oxygen atoms in total. The van der Waals surface area contributed by atoms with Crippen LogP contribution in [0.1, 0.15) is 60.9 Å². The fourth-order valence-corrected chi connectivity index (χ4v) is 10.3. The first-order valence-electron chi connectivity index (χ1n) is 31.2. The van der Waals surface area contributed by atoms with Gasteiger partial charge < -0.3 is 97.0 Å². The summed E-state index contributed by atoms with van der Waals surface area (Å²) in [6.07, 6.45) is -0.783. The lowest BCUT2D eigenvalue weighted by Crippen LogP contribution is -2.61. The number of carbonyl (C=O) groups excluding carboxylic acids is 12. The highest BCUT2D eigenvalue weighted by Crippen LogP contribution is 2.21. The smallest absolute Gasteiger partial charge is 0.245 e. The van der Waals surface area contributed by atoms with Gasteiger partial charge in [-0.3, -0.25) is 62.9 Å². The quantitative estimate of drug-likeness (QED) is 0.0139. The van der Waals surface area contributed by atoms with Gasteiger partial charge in [0.2, 0.25) is 70.9 Å². The Kier molecular flexibility index (Phi) is 28.3. The molecule has 0 aliphatic heterocycles. The van der Waals surface area contributed by atoms with Crippen LogP contribution in [-0.4, -0.2) is 160 Å². The molecular weight excluding hydrogens is 1270 g/mol. The van der Waals surface area contributed by atoms with Gasteiger partial charge in [-0.2, -0.15) is 0 Å². The van der Waals surface area contributed by atoms with Gasteiger partial charge in [-0.25, -0.2) is 0 Å². The number of nitrogens with two attached hydrogens (primary N) is 5. The van der Waals surface area contributed by atoms with Crippen molar-refractivity contribution < 1.29 is 67.7 Å². The van der Waals surface area contributed by atoms with E-state index in [1.54, 1.807) is 129 Å². The number of aliphatic hydroxyl groups excluding tert-OH is 1. The molecule has 98 heavy (non-hydrogen) atoms. The van der Waals surface area contributed by atoms with Crippen molar-refractivity contribution in [3.05, 3.63) is 167 Å². The highest BCUT2D eigenvalue weighted by atomic mass is 16.3. The fraction of sp³-hybridized carbons (Fsp3) is 0.328. The molecule has 6 aromatic rings. The van der Waals surface area contributed by atoms with Gasteiger partial charge in [0.1, 0.15) is 54.1 Å². The molecular formula is C67H83N17O14. The summed E-state index contributed by atoms with van der Waals surface area (Å²) in [7, 11) is 0. The zero-order valence-corrected chi connectivity index (χ0v) is 53.8. The summed E-state index contributed by atoms with van der Waals surface area (Å²) >= 11 is 0. The normalized spacial score (nSPS) is 13.8. The number of fused-ring (bicyclic) bond motifs is 1. The third kappa shape index (κ3) is 24.2. The number of aromatic nitrogens is 1. The van der Waals surface area contributed by atoms with E-state index in [0.717, 1.165) is 0 Å². The summed E-state index contributed by atoms with van der Waals surface area (Å²) in [5.74, 6) is -12.5. The fourth-order valence-electron chi connectivity index (χ4n) is 10.3. The molecule has 24 N–H and O–H groups in total. The number of anilines is 1. The number of phenolic OH excluding ortho intramolecular Hbond substituents is 1. The molecule has 0 aliphatic rings. The van der Waals surface area contributed by atoms with Gasteiger partial charge in [-0.15, -0.1) is 0 Å². The molecule has 31 heteroatoms. The Bertz CT molecular complexity index is 3800. The molecule has 0 bridgehead atoms. The van der Waals surface area contributed by atoms with Gasteiger partial charge in [0.25, 0.3) is 0 Å². The van der Waals surface area contributed by atoms with Crippen molar-refractivity contribution >= 4 is 93.4 Å². The van der Waals surface area contributed by atoms with E-state index in [9.17, 15) is 67.7 Å². The zero-order valence-electron chi connectivity index (χ0n) is 53.8. The van der Waals surface area contributed by atoms with Crippen molar-refractivity contribution in [2.45, 2.75) is 120 Å². The minimum Gasteiger partial charge on any atom is -0.508 e. The number of benzene rings is 5. The maximum absolute atomic E-state index is 14.5. The highest BCUT2D eigenvalue weighted by molar-refractivity contribution is 6.00. The van der Waals surface area contributed by atoms with Crippen molar-refractivity contribution in [3.63, 3.8) is 0 Å². The largest absolute Gasteiger partial charge is 0.508 e. The number of carbonyl (C=O) groups is 12. The topological polar surface area (TPSA) is 535 Å². The molecule has 1 aromatic heterocycles. The molecule has 0 aliphatic carbocycles. The van der Waals surface area contributed by atoms with Gasteiger partial charge in [0, 0.05) is 48.5 Å². The Labute approximate surface area is 563 Å². The second-order valence-electron chi connectivity index (χ2n) is 23.7. The Balaban J connectivity index is 1.15. The second kappa shape index (κ2) is 36.8. The van der Waals surface area contributed by atoms with Crippen molar-refractivity contribution in [1.29, 1.82) is 5.41 Å². The van der Waals surface area contributed by atoms with E-state index < -0.39 is 151 Å². The number of nitrogens with one attached hydrogen (secondary N) is 12. The van der Waals surface area contributed by atoms with Crippen LogP contribution in [0.5, 0.6) is 5.75 Å². The number of phenols is 1. The number of guanidine groups is 1. The van der Waals surface area contributed by atoms with Crippen LogP contribution in [0.4, 0.5) is 5.69 Å². The van der Waals surface area contributed by atoms with Crippen molar-refractivity contribution in [2.75, 3.05) is 18.5 Å². The van der Waals surface area contributed by atoms with Crippen LogP contribution in [0.3, 0.4) is 0 Å². The van der Waals surface area contributed by atoms with Crippen LogP contribution < -0.4 is 81.8 Å². The van der Waals surface area contributed by atoms with Crippen LogP contribution >= 0.6 is 0 Å². The Morgan fingerprint density at radius 1 is 0.459 bits per heavy atom. The number of para-hydroxylation sites is 1. The molecule has 0 fully saturated rings. The molecule has 6 rings (SSSR count). The number of aliphatic hydroxyl groups is 1. The molecule has 0 saturated carbocycles. The van der Waals surface area contributed by atoms with Gasteiger partial charge in [-0.05, 0) is 76.9 Å². The average molecular weight is 1350 g/mol. The van der Waals surface area contributed by atoms with Crippen LogP contribution in [0.15, 0.2) is 140 Å². The second-order valence-corrected chi connectivity index (χ2v) is 23.7. The number of rotatable bonds is 37. The van der Waals surface area contributed by atoms with Gasteiger partial charge in [0.15, 0.2) is 5.96 Å². The number of amides is 12. The number of primary amides is 3. The molecule has 0 spiro atoms. The molecule has 9 atom stereocenters. The predicted octanol–water partition coefficient (Wildman–Crippen LogP) is -2.71. The number of H-pyrrole nitrogens is 1.